The second-order valence-electron chi connectivity index (χ2n) is 5.30. The Morgan fingerprint density at radius 3 is 2.71 bits per heavy atom. The Morgan fingerprint density at radius 2 is 2.04 bits per heavy atom. The number of likely N-dealkylation sites (N-methyl/N-ethyl adjacent to an activating group) is 1. The van der Waals surface area contributed by atoms with Crippen molar-refractivity contribution in [1.82, 2.24) is 15.2 Å². The average molecular weight is 343 g/mol. The number of aliphatic hydroxyl groups is 1. The van der Waals surface area contributed by atoms with Gasteiger partial charge in [-0.05, 0) is 11.6 Å². The van der Waals surface area contributed by atoms with Crippen LogP contribution in [0.4, 0.5) is 18.0 Å². The smallest absolute Gasteiger partial charge is 0.382 e. The minimum absolute atomic E-state index is 0.0320. The average Bonchev–Trinajstić information content (AvgIpc) is 2.50. The van der Waals surface area contributed by atoms with E-state index in [2.05, 4.69) is 10.3 Å². The molecule has 1 aromatic heterocycles. The monoisotopic (exact) mass is 343 g/mol. The summed E-state index contributed by atoms with van der Waals surface area (Å²) in [5, 5.41) is 12.1. The predicted molar refractivity (Wildman–Crippen MR) is 81.5 cm³/mol. The number of nitrogens with zero attached hydrogens (tertiary/aromatic N) is 1. The van der Waals surface area contributed by atoms with Crippen LogP contribution >= 0.6 is 0 Å². The third-order valence-corrected chi connectivity index (χ3v) is 3.44. The molecule has 0 spiro atoms. The molecule has 0 aliphatic rings. The number of H-pyrrole nitrogens is 1. The molecule has 0 saturated carbocycles. The largest absolute Gasteiger partial charge is 0.416 e. The number of carbonyl (C=O) groups excluding carboxylic acids is 1. The summed E-state index contributed by atoms with van der Waals surface area (Å²) < 4.78 is 36.9. The zero-order valence-corrected chi connectivity index (χ0v) is 12.7. The van der Waals surface area contributed by atoms with Crippen LogP contribution in [0.5, 0.6) is 0 Å². The highest BCUT2D eigenvalue weighted by atomic mass is 19.4. The zero-order valence-electron chi connectivity index (χ0n) is 12.7. The number of aromatic nitrogens is 1. The van der Waals surface area contributed by atoms with Gasteiger partial charge in [0, 0.05) is 30.6 Å². The van der Waals surface area contributed by atoms with Gasteiger partial charge < -0.3 is 20.3 Å². The molecule has 24 heavy (non-hydrogen) atoms. The van der Waals surface area contributed by atoms with E-state index >= 15 is 0 Å². The number of rotatable bonds is 4. The first-order valence-corrected chi connectivity index (χ1v) is 7.03. The first-order chi connectivity index (χ1) is 11.2. The second-order valence-corrected chi connectivity index (χ2v) is 5.30. The summed E-state index contributed by atoms with van der Waals surface area (Å²) in [6.45, 7) is -0.916. The van der Waals surface area contributed by atoms with Gasteiger partial charge in [-0.2, -0.15) is 13.2 Å². The van der Waals surface area contributed by atoms with Crippen molar-refractivity contribution in [2.75, 3.05) is 13.6 Å². The van der Waals surface area contributed by atoms with Crippen molar-refractivity contribution in [2.24, 2.45) is 0 Å². The van der Waals surface area contributed by atoms with Crippen LogP contribution in [-0.2, 0) is 6.54 Å². The summed E-state index contributed by atoms with van der Waals surface area (Å²) in [6.07, 6.45) is -7.41. The molecule has 0 saturated heterocycles. The van der Waals surface area contributed by atoms with E-state index in [1.807, 2.05) is 0 Å². The zero-order chi connectivity index (χ0) is 17.9. The highest BCUT2D eigenvalue weighted by Crippen LogP contribution is 2.20. The molecular formula is C15H16F3N3O3. The number of pyridine rings is 1. The van der Waals surface area contributed by atoms with E-state index in [-0.39, 0.29) is 12.1 Å². The lowest BCUT2D eigenvalue weighted by Gasteiger charge is -2.22. The van der Waals surface area contributed by atoms with Crippen LogP contribution in [0.25, 0.3) is 10.9 Å². The number of hydrogen-bond acceptors (Lipinski definition) is 3. The Balaban J connectivity index is 2.06. The van der Waals surface area contributed by atoms with Gasteiger partial charge in [0.15, 0.2) is 6.10 Å². The van der Waals surface area contributed by atoms with Crippen LogP contribution in [0.1, 0.15) is 5.56 Å². The number of hydrogen-bond donors (Lipinski definition) is 3. The molecule has 3 N–H and O–H groups in total. The van der Waals surface area contributed by atoms with Gasteiger partial charge in [0.2, 0.25) is 5.56 Å². The molecule has 1 atom stereocenters. The molecule has 0 aliphatic heterocycles. The maximum atomic E-state index is 12.3. The third kappa shape index (κ3) is 4.25. The number of benzene rings is 1. The Bertz CT molecular complexity index is 789. The van der Waals surface area contributed by atoms with Crippen molar-refractivity contribution in [3.8, 4) is 0 Å². The topological polar surface area (TPSA) is 85.4 Å². The molecule has 2 amide bonds. The van der Waals surface area contributed by atoms with Gasteiger partial charge >= 0.3 is 12.2 Å². The summed E-state index contributed by atoms with van der Waals surface area (Å²) in [4.78, 5) is 26.8. The number of amides is 2. The second kappa shape index (κ2) is 6.91. The van der Waals surface area contributed by atoms with Crippen LogP contribution in [0.3, 0.4) is 0 Å². The van der Waals surface area contributed by atoms with E-state index in [1.54, 1.807) is 24.3 Å². The summed E-state index contributed by atoms with van der Waals surface area (Å²) in [6, 6.07) is 7.48. The molecule has 1 heterocycles. The van der Waals surface area contributed by atoms with Crippen molar-refractivity contribution in [1.29, 1.82) is 0 Å². The fourth-order valence-corrected chi connectivity index (χ4v) is 2.17. The number of carbonyl (C=O) groups is 1. The fraction of sp³-hybridized carbons (Fsp3) is 0.333. The maximum Gasteiger partial charge on any atom is 0.416 e. The summed E-state index contributed by atoms with van der Waals surface area (Å²) >= 11 is 0. The number of alkyl halides is 3. The molecule has 1 aromatic carbocycles. The van der Waals surface area contributed by atoms with E-state index in [1.165, 1.54) is 6.07 Å². The van der Waals surface area contributed by atoms with Gasteiger partial charge in [-0.25, -0.2) is 4.79 Å². The highest BCUT2D eigenvalue weighted by molar-refractivity contribution is 5.82. The minimum Gasteiger partial charge on any atom is -0.382 e. The number of para-hydroxylation sites is 1. The van der Waals surface area contributed by atoms with Crippen LogP contribution < -0.4 is 10.9 Å². The lowest BCUT2D eigenvalue weighted by Crippen LogP contribution is -2.45. The predicted octanol–water partition coefficient (Wildman–Crippen LogP) is 1.59. The SMILES string of the molecule is CN(C[C@@H](O)C(F)(F)F)C(=O)NCc1cc(=O)[nH]c2ccccc12. The van der Waals surface area contributed by atoms with Crippen LogP contribution in [0, 0.1) is 0 Å². The third-order valence-electron chi connectivity index (χ3n) is 3.44. The Morgan fingerprint density at radius 1 is 1.38 bits per heavy atom. The van der Waals surface area contributed by atoms with Gasteiger partial charge in [0.1, 0.15) is 0 Å². The van der Waals surface area contributed by atoms with Crippen molar-refractivity contribution < 1.29 is 23.1 Å². The number of nitrogens with one attached hydrogen (secondary N) is 2. The van der Waals surface area contributed by atoms with Crippen LogP contribution in [0.15, 0.2) is 35.1 Å². The van der Waals surface area contributed by atoms with Crippen molar-refractivity contribution >= 4 is 16.9 Å². The van der Waals surface area contributed by atoms with E-state index < -0.39 is 24.9 Å². The quantitative estimate of drug-likeness (QED) is 0.788. The molecule has 130 valence electrons. The fourth-order valence-electron chi connectivity index (χ4n) is 2.17. The standard InChI is InChI=1S/C15H16F3N3O3/c1-21(8-12(22)15(16,17)18)14(24)19-7-9-6-13(23)20-11-5-3-2-4-10(9)11/h2-6,12,22H,7-8H2,1H3,(H,19,24)(H,20,23)/t12-/m1/s1. The minimum atomic E-state index is -4.79. The van der Waals surface area contributed by atoms with Gasteiger partial charge in [0.05, 0.1) is 6.54 Å². The molecule has 0 fully saturated rings. The van der Waals surface area contributed by atoms with Crippen molar-refractivity contribution in [3.05, 3.63) is 46.2 Å². The molecule has 0 unspecified atom stereocenters. The molecule has 0 bridgehead atoms. The van der Waals surface area contributed by atoms with Gasteiger partial charge in [-0.15, -0.1) is 0 Å². The summed E-state index contributed by atoms with van der Waals surface area (Å²) in [7, 11) is 1.14. The first kappa shape index (κ1) is 17.8. The number of aliphatic hydroxyl groups excluding tert-OH is 1. The molecule has 2 rings (SSSR count). The van der Waals surface area contributed by atoms with E-state index in [0.717, 1.165) is 17.3 Å². The van der Waals surface area contributed by atoms with Crippen LogP contribution in [0.2, 0.25) is 0 Å². The molecule has 6 nitrogen and oxygen atoms in total. The normalized spacial score (nSPS) is 12.9. The maximum absolute atomic E-state index is 12.3. The molecule has 2 aromatic rings. The van der Waals surface area contributed by atoms with Crippen molar-refractivity contribution in [2.45, 2.75) is 18.8 Å². The Kier molecular flexibility index (Phi) is 5.13. The van der Waals surface area contributed by atoms with Crippen molar-refractivity contribution in [3.63, 3.8) is 0 Å². The number of halogens is 3. The number of aromatic amines is 1. The van der Waals surface area contributed by atoms with E-state index in [4.69, 9.17) is 5.11 Å². The lowest BCUT2D eigenvalue weighted by molar-refractivity contribution is -0.205. The summed E-state index contributed by atoms with van der Waals surface area (Å²) in [5.74, 6) is 0. The summed E-state index contributed by atoms with van der Waals surface area (Å²) in [5.41, 5.74) is 0.779. The Hall–Kier alpha value is -2.55. The lowest BCUT2D eigenvalue weighted by atomic mass is 10.1. The number of fused-ring (bicyclic) bond motifs is 1. The highest BCUT2D eigenvalue weighted by Gasteiger charge is 2.39. The molecule has 9 heteroatoms. The molecular weight excluding hydrogens is 327 g/mol. The van der Waals surface area contributed by atoms with Gasteiger partial charge in [-0.3, -0.25) is 4.79 Å². The Labute approximate surface area is 134 Å². The molecule has 0 radical (unpaired) electrons. The van der Waals surface area contributed by atoms with E-state index in [9.17, 15) is 22.8 Å². The van der Waals surface area contributed by atoms with Gasteiger partial charge in [0.25, 0.3) is 0 Å². The number of urea groups is 1. The first-order valence-electron chi connectivity index (χ1n) is 7.03. The van der Waals surface area contributed by atoms with E-state index in [0.29, 0.717) is 11.1 Å². The van der Waals surface area contributed by atoms with Gasteiger partial charge in [-0.1, -0.05) is 18.2 Å². The molecule has 0 aliphatic carbocycles. The van der Waals surface area contributed by atoms with Crippen LogP contribution in [-0.4, -0.2) is 46.9 Å².